The van der Waals surface area contributed by atoms with Gasteiger partial charge in [-0.15, -0.1) is 0 Å². The summed E-state index contributed by atoms with van der Waals surface area (Å²) in [5.74, 6) is 0.976. The summed E-state index contributed by atoms with van der Waals surface area (Å²) in [6, 6.07) is 8.71. The lowest BCUT2D eigenvalue weighted by Gasteiger charge is -2.33. The molecule has 1 aromatic carbocycles. The van der Waals surface area contributed by atoms with E-state index in [-0.39, 0.29) is 6.10 Å². The van der Waals surface area contributed by atoms with Crippen LogP contribution in [0, 0.1) is 0 Å². The molecule has 1 aliphatic rings. The van der Waals surface area contributed by atoms with Gasteiger partial charge in [-0.3, -0.25) is 4.90 Å². The first-order valence-corrected chi connectivity index (χ1v) is 6.44. The molecule has 0 spiro atoms. The minimum atomic E-state index is 0.243. The first-order valence-electron chi connectivity index (χ1n) is 6.44. The molecule has 3 nitrogen and oxygen atoms in total. The summed E-state index contributed by atoms with van der Waals surface area (Å²) in [7, 11) is 0. The summed E-state index contributed by atoms with van der Waals surface area (Å²) in [6.07, 6.45) is 0.243. The van der Waals surface area contributed by atoms with Gasteiger partial charge in [-0.25, -0.2) is 0 Å². The maximum Gasteiger partial charge on any atom is 0.142 e. The van der Waals surface area contributed by atoms with E-state index in [1.54, 1.807) is 0 Å². The van der Waals surface area contributed by atoms with Gasteiger partial charge < -0.3 is 10.1 Å². The zero-order valence-electron chi connectivity index (χ0n) is 10.9. The molecule has 0 saturated carbocycles. The quantitative estimate of drug-likeness (QED) is 0.866. The summed E-state index contributed by atoms with van der Waals surface area (Å²) in [4.78, 5) is 2.43. The van der Waals surface area contributed by atoms with E-state index in [2.05, 4.69) is 37.1 Å². The summed E-state index contributed by atoms with van der Waals surface area (Å²) < 4.78 is 6.01. The molecule has 0 fully saturated rings. The number of nitrogens with one attached hydrogen (secondary N) is 1. The molecular weight excluding hydrogens is 212 g/mol. The SMILES string of the molecule is CCN(CC1CNc2ccccc2O1)C(C)C. The number of fused-ring (bicyclic) bond motifs is 1. The second-order valence-electron chi connectivity index (χ2n) is 4.80. The second kappa shape index (κ2) is 5.41. The smallest absolute Gasteiger partial charge is 0.142 e. The third kappa shape index (κ3) is 2.91. The van der Waals surface area contributed by atoms with Gasteiger partial charge in [0.15, 0.2) is 0 Å². The second-order valence-corrected chi connectivity index (χ2v) is 4.80. The molecule has 0 aromatic heterocycles. The molecule has 0 bridgehead atoms. The number of rotatable bonds is 4. The van der Waals surface area contributed by atoms with Gasteiger partial charge in [-0.05, 0) is 32.5 Å². The Bertz CT molecular complexity index is 365. The number of hydrogen-bond donors (Lipinski definition) is 1. The van der Waals surface area contributed by atoms with Crippen molar-refractivity contribution < 1.29 is 4.74 Å². The molecule has 1 atom stereocenters. The first kappa shape index (κ1) is 12.2. The molecule has 94 valence electrons. The van der Waals surface area contributed by atoms with E-state index in [1.165, 1.54) is 0 Å². The zero-order valence-corrected chi connectivity index (χ0v) is 10.9. The highest BCUT2D eigenvalue weighted by molar-refractivity contribution is 5.57. The molecule has 0 aliphatic carbocycles. The van der Waals surface area contributed by atoms with Crippen LogP contribution in [0.25, 0.3) is 0 Å². The van der Waals surface area contributed by atoms with E-state index >= 15 is 0 Å². The predicted molar refractivity (Wildman–Crippen MR) is 71.7 cm³/mol. The van der Waals surface area contributed by atoms with Gasteiger partial charge in [0.1, 0.15) is 11.9 Å². The highest BCUT2D eigenvalue weighted by atomic mass is 16.5. The van der Waals surface area contributed by atoms with Crippen LogP contribution >= 0.6 is 0 Å². The topological polar surface area (TPSA) is 24.5 Å². The van der Waals surface area contributed by atoms with Gasteiger partial charge in [0.2, 0.25) is 0 Å². The van der Waals surface area contributed by atoms with Crippen LogP contribution in [0.15, 0.2) is 24.3 Å². The van der Waals surface area contributed by atoms with Crippen LogP contribution in [0.1, 0.15) is 20.8 Å². The Balaban J connectivity index is 1.98. The van der Waals surface area contributed by atoms with Crippen molar-refractivity contribution in [1.82, 2.24) is 4.90 Å². The van der Waals surface area contributed by atoms with E-state index in [0.717, 1.165) is 31.1 Å². The molecule has 2 rings (SSSR count). The lowest BCUT2D eigenvalue weighted by molar-refractivity contribution is 0.120. The van der Waals surface area contributed by atoms with Crippen molar-refractivity contribution in [2.75, 3.05) is 25.0 Å². The normalized spacial score (nSPS) is 18.8. The van der Waals surface area contributed by atoms with Crippen molar-refractivity contribution >= 4 is 5.69 Å². The van der Waals surface area contributed by atoms with Crippen molar-refractivity contribution in [3.8, 4) is 5.75 Å². The Hall–Kier alpha value is -1.22. The number of hydrogen-bond acceptors (Lipinski definition) is 3. The van der Waals surface area contributed by atoms with Crippen molar-refractivity contribution in [3.05, 3.63) is 24.3 Å². The Morgan fingerprint density at radius 2 is 2.18 bits per heavy atom. The van der Waals surface area contributed by atoms with Crippen molar-refractivity contribution in [2.24, 2.45) is 0 Å². The maximum absolute atomic E-state index is 6.01. The number of nitrogens with zero attached hydrogens (tertiary/aromatic N) is 1. The third-order valence-corrected chi connectivity index (χ3v) is 3.28. The molecule has 1 N–H and O–H groups in total. The van der Waals surface area contributed by atoms with E-state index in [9.17, 15) is 0 Å². The summed E-state index contributed by atoms with van der Waals surface area (Å²) in [5, 5.41) is 3.43. The third-order valence-electron chi connectivity index (χ3n) is 3.28. The molecule has 1 aromatic rings. The van der Waals surface area contributed by atoms with Crippen molar-refractivity contribution in [1.29, 1.82) is 0 Å². The van der Waals surface area contributed by atoms with Gasteiger partial charge in [-0.1, -0.05) is 19.1 Å². The monoisotopic (exact) mass is 234 g/mol. The van der Waals surface area contributed by atoms with E-state index < -0.39 is 0 Å². The van der Waals surface area contributed by atoms with Crippen LogP contribution in [0.2, 0.25) is 0 Å². The summed E-state index contributed by atoms with van der Waals surface area (Å²) >= 11 is 0. The number of anilines is 1. The highest BCUT2D eigenvalue weighted by Crippen LogP contribution is 2.28. The fraction of sp³-hybridized carbons (Fsp3) is 0.571. The van der Waals surface area contributed by atoms with Crippen LogP contribution in [-0.2, 0) is 0 Å². The van der Waals surface area contributed by atoms with Crippen LogP contribution in [0.4, 0.5) is 5.69 Å². The van der Waals surface area contributed by atoms with Crippen LogP contribution < -0.4 is 10.1 Å². The number of ether oxygens (including phenoxy) is 1. The van der Waals surface area contributed by atoms with E-state index in [0.29, 0.717) is 6.04 Å². The molecule has 1 unspecified atom stereocenters. The average molecular weight is 234 g/mol. The largest absolute Gasteiger partial charge is 0.485 e. The molecule has 3 heteroatoms. The lowest BCUT2D eigenvalue weighted by Crippen LogP contribution is -2.44. The summed E-state index contributed by atoms with van der Waals surface area (Å²) in [5.41, 5.74) is 1.11. The lowest BCUT2D eigenvalue weighted by atomic mass is 10.2. The fourth-order valence-corrected chi connectivity index (χ4v) is 2.23. The Kier molecular flexibility index (Phi) is 3.89. The standard InChI is InChI=1S/C14H22N2O/c1-4-16(11(2)3)10-12-9-15-13-7-5-6-8-14(13)17-12/h5-8,11-12,15H,4,9-10H2,1-3H3. The van der Waals surface area contributed by atoms with Gasteiger partial charge in [0, 0.05) is 12.6 Å². The Labute approximate surface area is 104 Å². The highest BCUT2D eigenvalue weighted by Gasteiger charge is 2.21. The van der Waals surface area contributed by atoms with E-state index in [1.807, 2.05) is 18.2 Å². The minimum Gasteiger partial charge on any atom is -0.485 e. The molecule has 1 aliphatic heterocycles. The molecule has 0 saturated heterocycles. The van der Waals surface area contributed by atoms with Gasteiger partial charge in [0.05, 0.1) is 12.2 Å². The molecule has 0 radical (unpaired) electrons. The molecule has 1 heterocycles. The number of para-hydroxylation sites is 2. The maximum atomic E-state index is 6.01. The Morgan fingerprint density at radius 1 is 1.41 bits per heavy atom. The molecule has 0 amide bonds. The van der Waals surface area contributed by atoms with Crippen LogP contribution in [0.5, 0.6) is 5.75 Å². The van der Waals surface area contributed by atoms with Crippen LogP contribution in [-0.4, -0.2) is 36.7 Å². The van der Waals surface area contributed by atoms with E-state index in [4.69, 9.17) is 4.74 Å². The number of likely N-dealkylation sites (N-methyl/N-ethyl adjacent to an activating group) is 1. The van der Waals surface area contributed by atoms with Gasteiger partial charge >= 0.3 is 0 Å². The zero-order chi connectivity index (χ0) is 12.3. The predicted octanol–water partition coefficient (Wildman–Crippen LogP) is 2.59. The fourth-order valence-electron chi connectivity index (χ4n) is 2.23. The van der Waals surface area contributed by atoms with Gasteiger partial charge in [0.25, 0.3) is 0 Å². The van der Waals surface area contributed by atoms with Crippen molar-refractivity contribution in [3.63, 3.8) is 0 Å². The average Bonchev–Trinajstić information content (AvgIpc) is 2.35. The van der Waals surface area contributed by atoms with Crippen LogP contribution in [0.3, 0.4) is 0 Å². The van der Waals surface area contributed by atoms with Gasteiger partial charge in [-0.2, -0.15) is 0 Å². The first-order chi connectivity index (χ1) is 8.20. The molecular formula is C14H22N2O. The summed E-state index contributed by atoms with van der Waals surface area (Å²) in [6.45, 7) is 9.60. The van der Waals surface area contributed by atoms with Crippen molar-refractivity contribution in [2.45, 2.75) is 32.9 Å². The Morgan fingerprint density at radius 3 is 2.88 bits per heavy atom. The molecule has 17 heavy (non-hydrogen) atoms. The number of benzene rings is 1. The minimum absolute atomic E-state index is 0.243.